The molecule has 2 saturated carbocycles. The van der Waals surface area contributed by atoms with Crippen molar-refractivity contribution in [3.05, 3.63) is 23.7 Å². The molecule has 2 aliphatic rings. The van der Waals surface area contributed by atoms with Crippen LogP contribution in [0.2, 0.25) is 0 Å². The van der Waals surface area contributed by atoms with Gasteiger partial charge in [-0.1, -0.05) is 6.42 Å². The highest BCUT2D eigenvalue weighted by molar-refractivity contribution is 7.16. The Bertz CT molecular complexity index is 620. The summed E-state index contributed by atoms with van der Waals surface area (Å²) in [7, 11) is 0. The van der Waals surface area contributed by atoms with E-state index in [0.29, 0.717) is 17.6 Å². The number of thiazole rings is 1. The second-order valence-corrected chi connectivity index (χ2v) is 6.88. The van der Waals surface area contributed by atoms with Crippen molar-refractivity contribution in [2.24, 2.45) is 5.41 Å². The molecule has 2 fully saturated rings. The van der Waals surface area contributed by atoms with Crippen molar-refractivity contribution in [3.63, 3.8) is 0 Å². The molecule has 106 valence electrons. The molecule has 2 unspecified atom stereocenters. The van der Waals surface area contributed by atoms with Gasteiger partial charge in [-0.05, 0) is 44.4 Å². The number of nitrogens with zero attached hydrogens (tertiary/aromatic N) is 1. The van der Waals surface area contributed by atoms with E-state index in [0.717, 1.165) is 18.5 Å². The molecule has 4 heteroatoms. The van der Waals surface area contributed by atoms with Crippen molar-refractivity contribution in [2.75, 3.05) is 11.9 Å². The number of hydrogen-bond donors (Lipinski definition) is 1. The molecule has 0 aliphatic heterocycles. The van der Waals surface area contributed by atoms with Crippen LogP contribution in [0.5, 0.6) is 0 Å². The summed E-state index contributed by atoms with van der Waals surface area (Å²) in [6.07, 6.45) is 5.62. The van der Waals surface area contributed by atoms with Crippen LogP contribution >= 0.6 is 11.3 Å². The molecule has 3 nitrogen and oxygen atoms in total. The van der Waals surface area contributed by atoms with E-state index in [4.69, 9.17) is 4.74 Å². The Morgan fingerprint density at radius 3 is 3.10 bits per heavy atom. The van der Waals surface area contributed by atoms with Crippen LogP contribution in [0.25, 0.3) is 10.2 Å². The van der Waals surface area contributed by atoms with E-state index >= 15 is 0 Å². The first kappa shape index (κ1) is 12.6. The number of anilines is 1. The molecule has 2 aliphatic carbocycles. The summed E-state index contributed by atoms with van der Waals surface area (Å²) in [5.41, 5.74) is 4.65. The molecule has 1 spiro atoms. The monoisotopic (exact) mass is 288 g/mol. The number of ether oxygens (including phenoxy) is 1. The lowest BCUT2D eigenvalue weighted by atomic mass is 9.51. The molecule has 1 heterocycles. The summed E-state index contributed by atoms with van der Waals surface area (Å²) in [6.45, 7) is 2.94. The van der Waals surface area contributed by atoms with E-state index in [1.165, 1.54) is 29.6 Å². The topological polar surface area (TPSA) is 34.1 Å². The van der Waals surface area contributed by atoms with Crippen LogP contribution in [0, 0.1) is 5.41 Å². The van der Waals surface area contributed by atoms with Crippen molar-refractivity contribution < 1.29 is 4.74 Å². The zero-order valence-corrected chi connectivity index (χ0v) is 12.6. The molecule has 1 aromatic carbocycles. The average Bonchev–Trinajstić information content (AvgIpc) is 2.82. The second kappa shape index (κ2) is 4.71. The minimum Gasteiger partial charge on any atom is -0.382 e. The molecule has 0 saturated heterocycles. The maximum Gasteiger partial charge on any atom is 0.0813 e. The molecule has 0 amide bonds. The molecule has 1 aromatic heterocycles. The molecule has 4 rings (SSSR count). The Morgan fingerprint density at radius 1 is 1.45 bits per heavy atom. The predicted octanol–water partition coefficient (Wildman–Crippen LogP) is 4.06. The van der Waals surface area contributed by atoms with Gasteiger partial charge in [0.25, 0.3) is 0 Å². The quantitative estimate of drug-likeness (QED) is 0.921. The van der Waals surface area contributed by atoms with Crippen molar-refractivity contribution in [1.82, 2.24) is 4.98 Å². The zero-order valence-electron chi connectivity index (χ0n) is 11.8. The lowest BCUT2D eigenvalue weighted by Crippen LogP contribution is -2.64. The molecular formula is C16H20N2OS. The summed E-state index contributed by atoms with van der Waals surface area (Å²) in [4.78, 5) is 4.34. The van der Waals surface area contributed by atoms with Crippen LogP contribution in [0.15, 0.2) is 23.7 Å². The molecule has 2 aromatic rings. The molecule has 0 bridgehead atoms. The fourth-order valence-corrected chi connectivity index (χ4v) is 4.50. The van der Waals surface area contributed by atoms with Crippen molar-refractivity contribution >= 4 is 27.2 Å². The average molecular weight is 288 g/mol. The van der Waals surface area contributed by atoms with Gasteiger partial charge in [-0.2, -0.15) is 0 Å². The van der Waals surface area contributed by atoms with Crippen LogP contribution < -0.4 is 5.32 Å². The Balaban J connectivity index is 1.51. The number of fused-ring (bicyclic) bond motifs is 1. The van der Waals surface area contributed by atoms with E-state index in [9.17, 15) is 0 Å². The number of nitrogens with one attached hydrogen (secondary N) is 1. The van der Waals surface area contributed by atoms with Crippen LogP contribution in [0.1, 0.15) is 32.6 Å². The summed E-state index contributed by atoms with van der Waals surface area (Å²) < 4.78 is 7.18. The summed E-state index contributed by atoms with van der Waals surface area (Å²) in [6, 6.07) is 7.08. The fraction of sp³-hybridized carbons (Fsp3) is 0.562. The first-order chi connectivity index (χ1) is 9.82. The Morgan fingerprint density at radius 2 is 2.35 bits per heavy atom. The SMILES string of the molecule is CCOC1CC(Nc2ccc3ncsc3c2)C12CCC2. The smallest absolute Gasteiger partial charge is 0.0813 e. The van der Waals surface area contributed by atoms with E-state index in [1.807, 2.05) is 5.51 Å². The number of rotatable bonds is 4. The third kappa shape index (κ3) is 1.78. The zero-order chi connectivity index (χ0) is 13.6. The second-order valence-electron chi connectivity index (χ2n) is 6.00. The number of benzene rings is 1. The Kier molecular flexibility index (Phi) is 2.97. The molecule has 1 N–H and O–H groups in total. The van der Waals surface area contributed by atoms with E-state index in [1.54, 1.807) is 11.3 Å². The van der Waals surface area contributed by atoms with E-state index < -0.39 is 0 Å². The van der Waals surface area contributed by atoms with Gasteiger partial charge in [-0.3, -0.25) is 0 Å². The third-order valence-corrected chi connectivity index (χ3v) is 5.90. The van der Waals surface area contributed by atoms with Gasteiger partial charge in [0.15, 0.2) is 0 Å². The maximum absolute atomic E-state index is 5.91. The van der Waals surface area contributed by atoms with Crippen molar-refractivity contribution in [2.45, 2.75) is 44.8 Å². The van der Waals surface area contributed by atoms with Gasteiger partial charge in [0, 0.05) is 23.8 Å². The van der Waals surface area contributed by atoms with Crippen molar-refractivity contribution in [3.8, 4) is 0 Å². The summed E-state index contributed by atoms with van der Waals surface area (Å²) in [5, 5.41) is 3.74. The summed E-state index contributed by atoms with van der Waals surface area (Å²) in [5.74, 6) is 0. The molecule has 20 heavy (non-hydrogen) atoms. The standard InChI is InChI=1S/C16H20N2OS/c1-2-19-15-9-14(16(15)6-3-7-16)18-11-4-5-12-13(8-11)20-10-17-12/h4-5,8,10,14-15,18H,2-3,6-7,9H2,1H3. The highest BCUT2D eigenvalue weighted by Crippen LogP contribution is 2.58. The van der Waals surface area contributed by atoms with Gasteiger partial charge in [0.1, 0.15) is 0 Å². The van der Waals surface area contributed by atoms with Crippen LogP contribution in [-0.2, 0) is 4.74 Å². The van der Waals surface area contributed by atoms with E-state index in [2.05, 4.69) is 35.4 Å². The van der Waals surface area contributed by atoms with Gasteiger partial charge in [-0.25, -0.2) is 4.98 Å². The molecule has 0 radical (unpaired) electrons. The lowest BCUT2D eigenvalue weighted by Gasteiger charge is -2.61. The highest BCUT2D eigenvalue weighted by Gasteiger charge is 2.58. The van der Waals surface area contributed by atoms with Gasteiger partial charge in [0.05, 0.1) is 21.8 Å². The van der Waals surface area contributed by atoms with Gasteiger partial charge < -0.3 is 10.1 Å². The highest BCUT2D eigenvalue weighted by atomic mass is 32.1. The molecular weight excluding hydrogens is 268 g/mol. The third-order valence-electron chi connectivity index (χ3n) is 5.11. The minimum atomic E-state index is 0.415. The first-order valence-electron chi connectivity index (χ1n) is 7.53. The van der Waals surface area contributed by atoms with Crippen LogP contribution in [0.3, 0.4) is 0 Å². The lowest BCUT2D eigenvalue weighted by molar-refractivity contribution is -0.157. The Labute approximate surface area is 123 Å². The largest absolute Gasteiger partial charge is 0.382 e. The maximum atomic E-state index is 5.91. The first-order valence-corrected chi connectivity index (χ1v) is 8.41. The fourth-order valence-electron chi connectivity index (χ4n) is 3.79. The summed E-state index contributed by atoms with van der Waals surface area (Å²) >= 11 is 1.71. The normalized spacial score (nSPS) is 27.2. The van der Waals surface area contributed by atoms with Gasteiger partial charge in [-0.15, -0.1) is 11.3 Å². The predicted molar refractivity (Wildman–Crippen MR) is 83.3 cm³/mol. The molecule has 2 atom stereocenters. The van der Waals surface area contributed by atoms with E-state index in [-0.39, 0.29) is 0 Å². The number of aromatic nitrogens is 1. The van der Waals surface area contributed by atoms with Crippen LogP contribution in [-0.4, -0.2) is 23.7 Å². The van der Waals surface area contributed by atoms with Gasteiger partial charge >= 0.3 is 0 Å². The van der Waals surface area contributed by atoms with Crippen molar-refractivity contribution in [1.29, 1.82) is 0 Å². The Hall–Kier alpha value is -1.13. The van der Waals surface area contributed by atoms with Crippen LogP contribution in [0.4, 0.5) is 5.69 Å². The minimum absolute atomic E-state index is 0.415. The number of hydrogen-bond acceptors (Lipinski definition) is 4. The van der Waals surface area contributed by atoms with Gasteiger partial charge in [0.2, 0.25) is 0 Å².